The Balaban J connectivity index is 1.48. The van der Waals surface area contributed by atoms with E-state index in [0.29, 0.717) is 23.7 Å². The van der Waals surface area contributed by atoms with Crippen molar-refractivity contribution in [1.82, 2.24) is 10.6 Å². The zero-order valence-electron chi connectivity index (χ0n) is 13.6. The molecule has 24 heavy (non-hydrogen) atoms. The van der Waals surface area contributed by atoms with Crippen molar-refractivity contribution in [2.24, 2.45) is 0 Å². The molecule has 4 nitrogen and oxygen atoms in total. The van der Waals surface area contributed by atoms with Gasteiger partial charge in [-0.05, 0) is 49.4 Å². The van der Waals surface area contributed by atoms with Crippen molar-refractivity contribution in [2.75, 3.05) is 6.54 Å². The molecule has 0 aromatic heterocycles. The van der Waals surface area contributed by atoms with Crippen molar-refractivity contribution < 1.29 is 9.59 Å². The van der Waals surface area contributed by atoms with E-state index < -0.39 is 0 Å². The molecule has 124 valence electrons. The molecule has 0 atom stereocenters. The SMILES string of the molecule is O=C(NCCCc1ccccc1)c1cccc(C(=O)NC2CC2)c1. The lowest BCUT2D eigenvalue weighted by molar-refractivity contribution is 0.0951. The second kappa shape index (κ2) is 7.77. The fourth-order valence-electron chi connectivity index (χ4n) is 2.54. The fourth-order valence-corrected chi connectivity index (χ4v) is 2.54. The number of rotatable bonds is 7. The first-order valence-electron chi connectivity index (χ1n) is 8.45. The Morgan fingerprint density at radius 1 is 0.917 bits per heavy atom. The molecule has 1 aliphatic rings. The molecule has 2 aromatic rings. The Bertz CT molecular complexity index is 709. The van der Waals surface area contributed by atoms with E-state index in [9.17, 15) is 9.59 Å². The van der Waals surface area contributed by atoms with Crippen LogP contribution in [-0.4, -0.2) is 24.4 Å². The predicted octanol–water partition coefficient (Wildman–Crippen LogP) is 2.94. The van der Waals surface area contributed by atoms with Crippen molar-refractivity contribution in [3.63, 3.8) is 0 Å². The van der Waals surface area contributed by atoms with Crippen LogP contribution in [0.3, 0.4) is 0 Å². The molecule has 3 rings (SSSR count). The van der Waals surface area contributed by atoms with E-state index in [0.717, 1.165) is 25.7 Å². The zero-order valence-corrected chi connectivity index (χ0v) is 13.6. The first-order valence-corrected chi connectivity index (χ1v) is 8.45. The standard InChI is InChI=1S/C20H22N2O2/c23-19(21-13-5-8-15-6-2-1-3-7-15)16-9-4-10-17(14-16)20(24)22-18-11-12-18/h1-4,6-7,9-10,14,18H,5,8,11-13H2,(H,21,23)(H,22,24). The highest BCUT2D eigenvalue weighted by atomic mass is 16.2. The number of nitrogens with one attached hydrogen (secondary N) is 2. The molecule has 0 saturated heterocycles. The van der Waals surface area contributed by atoms with Crippen LogP contribution in [0.2, 0.25) is 0 Å². The van der Waals surface area contributed by atoms with Crippen LogP contribution in [0, 0.1) is 0 Å². The molecule has 4 heteroatoms. The summed E-state index contributed by atoms with van der Waals surface area (Å²) in [7, 11) is 0. The molecule has 0 spiro atoms. The van der Waals surface area contributed by atoms with Crippen LogP contribution in [0.25, 0.3) is 0 Å². The van der Waals surface area contributed by atoms with Gasteiger partial charge in [-0.25, -0.2) is 0 Å². The Morgan fingerprint density at radius 3 is 2.33 bits per heavy atom. The van der Waals surface area contributed by atoms with E-state index in [-0.39, 0.29) is 11.8 Å². The minimum absolute atomic E-state index is 0.101. The van der Waals surface area contributed by atoms with Gasteiger partial charge in [0.05, 0.1) is 0 Å². The second-order valence-corrected chi connectivity index (χ2v) is 6.17. The van der Waals surface area contributed by atoms with Crippen molar-refractivity contribution in [3.8, 4) is 0 Å². The van der Waals surface area contributed by atoms with Crippen LogP contribution in [0.5, 0.6) is 0 Å². The van der Waals surface area contributed by atoms with Crippen LogP contribution < -0.4 is 10.6 Å². The van der Waals surface area contributed by atoms with Gasteiger partial charge in [0.1, 0.15) is 0 Å². The van der Waals surface area contributed by atoms with Gasteiger partial charge in [0.15, 0.2) is 0 Å². The Hall–Kier alpha value is -2.62. The van der Waals surface area contributed by atoms with Gasteiger partial charge >= 0.3 is 0 Å². The highest BCUT2D eigenvalue weighted by molar-refractivity contribution is 5.99. The topological polar surface area (TPSA) is 58.2 Å². The quantitative estimate of drug-likeness (QED) is 0.770. The van der Waals surface area contributed by atoms with E-state index in [1.807, 2.05) is 18.2 Å². The number of benzene rings is 2. The number of hydrogen-bond acceptors (Lipinski definition) is 2. The van der Waals surface area contributed by atoms with Gasteiger partial charge in [0.25, 0.3) is 11.8 Å². The first kappa shape index (κ1) is 16.2. The average molecular weight is 322 g/mol. The maximum absolute atomic E-state index is 12.2. The Morgan fingerprint density at radius 2 is 1.62 bits per heavy atom. The Labute approximate surface area is 142 Å². The number of carbonyl (C=O) groups is 2. The van der Waals surface area contributed by atoms with Crippen LogP contribution in [-0.2, 0) is 6.42 Å². The minimum Gasteiger partial charge on any atom is -0.352 e. The van der Waals surface area contributed by atoms with E-state index in [2.05, 4.69) is 22.8 Å². The van der Waals surface area contributed by atoms with Gasteiger partial charge < -0.3 is 10.6 Å². The molecule has 1 fully saturated rings. The monoisotopic (exact) mass is 322 g/mol. The van der Waals surface area contributed by atoms with Gasteiger partial charge in [-0.3, -0.25) is 9.59 Å². The van der Waals surface area contributed by atoms with Gasteiger partial charge in [0.2, 0.25) is 0 Å². The fraction of sp³-hybridized carbons (Fsp3) is 0.300. The minimum atomic E-state index is -0.135. The van der Waals surface area contributed by atoms with E-state index >= 15 is 0 Å². The third kappa shape index (κ3) is 4.69. The molecule has 0 aliphatic heterocycles. The van der Waals surface area contributed by atoms with Gasteiger partial charge in [-0.1, -0.05) is 36.4 Å². The van der Waals surface area contributed by atoms with Crippen LogP contribution in [0.15, 0.2) is 54.6 Å². The van der Waals surface area contributed by atoms with Crippen molar-refractivity contribution in [3.05, 3.63) is 71.3 Å². The van der Waals surface area contributed by atoms with E-state index in [1.54, 1.807) is 24.3 Å². The van der Waals surface area contributed by atoms with Crippen LogP contribution in [0.1, 0.15) is 45.5 Å². The van der Waals surface area contributed by atoms with Crippen LogP contribution >= 0.6 is 0 Å². The molecule has 0 bridgehead atoms. The molecule has 0 heterocycles. The molecule has 0 radical (unpaired) electrons. The molecular weight excluding hydrogens is 300 g/mol. The summed E-state index contributed by atoms with van der Waals surface area (Å²) in [4.78, 5) is 24.3. The van der Waals surface area contributed by atoms with Crippen molar-refractivity contribution in [1.29, 1.82) is 0 Å². The maximum atomic E-state index is 12.2. The highest BCUT2D eigenvalue weighted by Crippen LogP contribution is 2.19. The smallest absolute Gasteiger partial charge is 0.251 e. The molecule has 1 aliphatic carbocycles. The summed E-state index contributed by atoms with van der Waals surface area (Å²) < 4.78 is 0. The molecular formula is C20H22N2O2. The summed E-state index contributed by atoms with van der Waals surface area (Å²) in [5.41, 5.74) is 2.34. The highest BCUT2D eigenvalue weighted by Gasteiger charge is 2.24. The van der Waals surface area contributed by atoms with E-state index in [4.69, 9.17) is 0 Å². The zero-order chi connectivity index (χ0) is 16.8. The Kier molecular flexibility index (Phi) is 5.26. The maximum Gasteiger partial charge on any atom is 0.251 e. The summed E-state index contributed by atoms with van der Waals surface area (Å²) in [5.74, 6) is -0.236. The lowest BCUT2D eigenvalue weighted by atomic mass is 10.1. The van der Waals surface area contributed by atoms with E-state index in [1.165, 1.54) is 5.56 Å². The number of amides is 2. The lowest BCUT2D eigenvalue weighted by Crippen LogP contribution is -2.27. The third-order valence-corrected chi connectivity index (χ3v) is 4.07. The summed E-state index contributed by atoms with van der Waals surface area (Å²) in [6.45, 7) is 0.617. The normalized spacial score (nSPS) is 13.3. The molecule has 0 unspecified atom stereocenters. The number of hydrogen-bond donors (Lipinski definition) is 2. The summed E-state index contributed by atoms with van der Waals surface area (Å²) in [6, 6.07) is 17.4. The molecule has 2 amide bonds. The molecule has 1 saturated carbocycles. The van der Waals surface area contributed by atoms with Crippen molar-refractivity contribution in [2.45, 2.75) is 31.7 Å². The predicted molar refractivity (Wildman–Crippen MR) is 94.0 cm³/mol. The number of carbonyl (C=O) groups excluding carboxylic acids is 2. The lowest BCUT2D eigenvalue weighted by Gasteiger charge is -2.08. The van der Waals surface area contributed by atoms with Crippen molar-refractivity contribution >= 4 is 11.8 Å². The van der Waals surface area contributed by atoms with Crippen LogP contribution in [0.4, 0.5) is 0 Å². The third-order valence-electron chi connectivity index (χ3n) is 4.07. The average Bonchev–Trinajstić information content (AvgIpc) is 3.43. The summed E-state index contributed by atoms with van der Waals surface area (Å²) in [5, 5.41) is 5.85. The first-order chi connectivity index (χ1) is 11.7. The summed E-state index contributed by atoms with van der Waals surface area (Å²) >= 11 is 0. The van der Waals surface area contributed by atoms with Gasteiger partial charge in [0, 0.05) is 23.7 Å². The summed E-state index contributed by atoms with van der Waals surface area (Å²) in [6.07, 6.45) is 3.92. The van der Waals surface area contributed by atoms with Gasteiger partial charge in [-0.2, -0.15) is 0 Å². The van der Waals surface area contributed by atoms with Gasteiger partial charge in [-0.15, -0.1) is 0 Å². The molecule has 2 aromatic carbocycles. The molecule has 2 N–H and O–H groups in total. The second-order valence-electron chi connectivity index (χ2n) is 6.17. The largest absolute Gasteiger partial charge is 0.352 e. The number of aryl methyl sites for hydroxylation is 1.